The van der Waals surface area contributed by atoms with Gasteiger partial charge in [-0.05, 0) is 30.7 Å². The minimum Gasteiger partial charge on any atom is -0.319 e. The largest absolute Gasteiger partial charge is 0.319 e. The Morgan fingerprint density at radius 1 is 1.07 bits per heavy atom. The lowest BCUT2D eigenvalue weighted by Gasteiger charge is -2.07. The summed E-state index contributed by atoms with van der Waals surface area (Å²) in [5, 5.41) is 6.41. The van der Waals surface area contributed by atoms with Crippen LogP contribution >= 0.6 is 11.6 Å². The van der Waals surface area contributed by atoms with Crippen molar-refractivity contribution in [3.8, 4) is 5.69 Å². The van der Waals surface area contributed by atoms with Crippen molar-refractivity contribution < 1.29 is 4.79 Å². The molecule has 27 heavy (non-hydrogen) atoms. The summed E-state index contributed by atoms with van der Waals surface area (Å²) in [6, 6.07) is 16.7. The maximum absolute atomic E-state index is 12.8. The van der Waals surface area contributed by atoms with Crippen LogP contribution in [0.15, 0.2) is 59.4 Å². The van der Waals surface area contributed by atoms with Gasteiger partial charge in [0.15, 0.2) is 0 Å². The number of hydrogen-bond acceptors (Lipinski definition) is 3. The second kappa shape index (κ2) is 8.24. The van der Waals surface area contributed by atoms with E-state index in [-0.39, 0.29) is 23.7 Å². The third-order valence-corrected chi connectivity index (χ3v) is 4.75. The van der Waals surface area contributed by atoms with E-state index in [4.69, 9.17) is 11.6 Å². The van der Waals surface area contributed by atoms with Crippen LogP contribution in [-0.4, -0.2) is 21.8 Å². The molecule has 1 amide bonds. The molecule has 1 heterocycles. The van der Waals surface area contributed by atoms with Gasteiger partial charge in [0.1, 0.15) is 5.69 Å². The van der Waals surface area contributed by atoms with E-state index in [0.717, 1.165) is 11.3 Å². The van der Waals surface area contributed by atoms with Crippen molar-refractivity contribution in [1.82, 2.24) is 14.7 Å². The standard InChI is InChI=1S/C20H21ClN4O2/c1-14-19(20(27)25(24(14)2)16-9-4-3-5-10-16)23-18(26)13-22-12-15-8-6-7-11-17(15)21/h3-11,22H,12-13H2,1-2H3,(H,23,26). The zero-order valence-corrected chi connectivity index (χ0v) is 16.0. The summed E-state index contributed by atoms with van der Waals surface area (Å²) in [6.45, 7) is 2.34. The van der Waals surface area contributed by atoms with Gasteiger partial charge in [-0.2, -0.15) is 0 Å². The Balaban J connectivity index is 1.70. The lowest BCUT2D eigenvalue weighted by molar-refractivity contribution is -0.115. The quantitative estimate of drug-likeness (QED) is 0.686. The molecular formula is C20H21ClN4O2. The monoisotopic (exact) mass is 384 g/mol. The number of amides is 1. The van der Waals surface area contributed by atoms with Crippen LogP contribution in [0.3, 0.4) is 0 Å². The Bertz CT molecular complexity index is 1010. The fourth-order valence-corrected chi connectivity index (χ4v) is 3.05. The van der Waals surface area contributed by atoms with Crippen LogP contribution in [0.25, 0.3) is 5.69 Å². The number of aromatic nitrogens is 2. The summed E-state index contributed by atoms with van der Waals surface area (Å²) in [6.07, 6.45) is 0. The number of nitrogens with zero attached hydrogens (tertiary/aromatic N) is 2. The Hall–Kier alpha value is -2.83. The highest BCUT2D eigenvalue weighted by molar-refractivity contribution is 6.31. The van der Waals surface area contributed by atoms with Gasteiger partial charge in [-0.1, -0.05) is 48.0 Å². The molecule has 0 radical (unpaired) electrons. The van der Waals surface area contributed by atoms with E-state index in [1.54, 1.807) is 24.7 Å². The first-order chi connectivity index (χ1) is 13.0. The minimum atomic E-state index is -0.284. The molecule has 7 heteroatoms. The summed E-state index contributed by atoms with van der Waals surface area (Å²) in [5.41, 5.74) is 2.36. The molecule has 0 saturated heterocycles. The fraction of sp³-hybridized carbons (Fsp3) is 0.200. The van der Waals surface area contributed by atoms with Gasteiger partial charge in [-0.25, -0.2) is 4.68 Å². The molecular weight excluding hydrogens is 364 g/mol. The third kappa shape index (κ3) is 4.13. The van der Waals surface area contributed by atoms with Crippen molar-refractivity contribution >= 4 is 23.2 Å². The molecule has 0 atom stereocenters. The second-order valence-electron chi connectivity index (χ2n) is 6.18. The lowest BCUT2D eigenvalue weighted by atomic mass is 10.2. The van der Waals surface area contributed by atoms with Crippen molar-refractivity contribution in [2.24, 2.45) is 7.05 Å². The first-order valence-electron chi connectivity index (χ1n) is 8.57. The molecule has 0 unspecified atom stereocenters. The first-order valence-corrected chi connectivity index (χ1v) is 8.95. The summed E-state index contributed by atoms with van der Waals surface area (Å²) in [5.74, 6) is -0.284. The van der Waals surface area contributed by atoms with Crippen LogP contribution in [0.2, 0.25) is 5.02 Å². The van der Waals surface area contributed by atoms with E-state index >= 15 is 0 Å². The number of para-hydroxylation sites is 1. The maximum atomic E-state index is 12.8. The van der Waals surface area contributed by atoms with Crippen molar-refractivity contribution in [3.63, 3.8) is 0 Å². The van der Waals surface area contributed by atoms with E-state index < -0.39 is 0 Å². The molecule has 2 N–H and O–H groups in total. The molecule has 0 saturated carbocycles. The Morgan fingerprint density at radius 3 is 2.44 bits per heavy atom. The highest BCUT2D eigenvalue weighted by Crippen LogP contribution is 2.15. The number of benzene rings is 2. The molecule has 0 bridgehead atoms. The number of carbonyl (C=O) groups is 1. The molecule has 3 rings (SSSR count). The number of halogens is 1. The Morgan fingerprint density at radius 2 is 1.74 bits per heavy atom. The van der Waals surface area contributed by atoms with Gasteiger partial charge in [0.25, 0.3) is 5.56 Å². The number of hydrogen-bond donors (Lipinski definition) is 2. The van der Waals surface area contributed by atoms with Crippen LogP contribution in [0.1, 0.15) is 11.3 Å². The Labute approximate surface area is 162 Å². The third-order valence-electron chi connectivity index (χ3n) is 4.38. The molecule has 0 aliphatic heterocycles. The zero-order chi connectivity index (χ0) is 19.4. The van der Waals surface area contributed by atoms with Crippen molar-refractivity contribution in [1.29, 1.82) is 0 Å². The normalized spacial score (nSPS) is 10.8. The molecule has 1 aromatic heterocycles. The molecule has 140 valence electrons. The van der Waals surface area contributed by atoms with Crippen LogP contribution in [-0.2, 0) is 18.4 Å². The number of anilines is 1. The summed E-state index contributed by atoms with van der Waals surface area (Å²) < 4.78 is 3.26. The number of rotatable bonds is 6. The van der Waals surface area contributed by atoms with E-state index in [0.29, 0.717) is 17.3 Å². The molecule has 6 nitrogen and oxygen atoms in total. The van der Waals surface area contributed by atoms with Crippen LogP contribution in [0.5, 0.6) is 0 Å². The van der Waals surface area contributed by atoms with Gasteiger partial charge in [0, 0.05) is 18.6 Å². The number of nitrogens with one attached hydrogen (secondary N) is 2. The van der Waals surface area contributed by atoms with Gasteiger partial charge in [0.2, 0.25) is 5.91 Å². The molecule has 0 aliphatic carbocycles. The van der Waals surface area contributed by atoms with Gasteiger partial charge in [0.05, 0.1) is 17.9 Å². The second-order valence-corrected chi connectivity index (χ2v) is 6.59. The Kier molecular flexibility index (Phi) is 5.78. The van der Waals surface area contributed by atoms with E-state index in [9.17, 15) is 9.59 Å². The molecule has 0 aliphatic rings. The maximum Gasteiger partial charge on any atom is 0.295 e. The van der Waals surface area contributed by atoms with Crippen molar-refractivity contribution in [3.05, 3.63) is 81.2 Å². The highest BCUT2D eigenvalue weighted by atomic mass is 35.5. The van der Waals surface area contributed by atoms with Crippen LogP contribution < -0.4 is 16.2 Å². The predicted molar refractivity (Wildman–Crippen MR) is 108 cm³/mol. The van der Waals surface area contributed by atoms with Gasteiger partial charge >= 0.3 is 0 Å². The van der Waals surface area contributed by atoms with E-state index in [1.807, 2.05) is 48.5 Å². The van der Waals surface area contributed by atoms with Crippen molar-refractivity contribution in [2.75, 3.05) is 11.9 Å². The summed E-state index contributed by atoms with van der Waals surface area (Å²) in [4.78, 5) is 25.1. The predicted octanol–water partition coefficient (Wildman–Crippen LogP) is 2.87. The van der Waals surface area contributed by atoms with Gasteiger partial charge in [-0.15, -0.1) is 0 Å². The summed E-state index contributed by atoms with van der Waals surface area (Å²) >= 11 is 6.10. The van der Waals surface area contributed by atoms with E-state index in [2.05, 4.69) is 10.6 Å². The van der Waals surface area contributed by atoms with Crippen molar-refractivity contribution in [2.45, 2.75) is 13.5 Å². The van der Waals surface area contributed by atoms with Gasteiger partial charge in [-0.3, -0.25) is 14.3 Å². The van der Waals surface area contributed by atoms with Crippen LogP contribution in [0.4, 0.5) is 5.69 Å². The molecule has 0 fully saturated rings. The SMILES string of the molecule is Cc1c(NC(=O)CNCc2ccccc2Cl)c(=O)n(-c2ccccc2)n1C. The smallest absolute Gasteiger partial charge is 0.295 e. The molecule has 0 spiro atoms. The zero-order valence-electron chi connectivity index (χ0n) is 15.2. The first kappa shape index (κ1) is 18.9. The van der Waals surface area contributed by atoms with E-state index in [1.165, 1.54) is 4.68 Å². The topological polar surface area (TPSA) is 68.1 Å². The average Bonchev–Trinajstić information content (AvgIpc) is 2.87. The fourth-order valence-electron chi connectivity index (χ4n) is 2.85. The number of carbonyl (C=O) groups excluding carboxylic acids is 1. The lowest BCUT2D eigenvalue weighted by Crippen LogP contribution is -2.30. The summed E-state index contributed by atoms with van der Waals surface area (Å²) in [7, 11) is 1.79. The average molecular weight is 385 g/mol. The van der Waals surface area contributed by atoms with Gasteiger partial charge < -0.3 is 10.6 Å². The molecule has 2 aromatic carbocycles. The molecule has 3 aromatic rings. The highest BCUT2D eigenvalue weighted by Gasteiger charge is 2.17. The van der Waals surface area contributed by atoms with Crippen LogP contribution in [0, 0.1) is 6.92 Å². The minimum absolute atomic E-state index is 0.0737.